The lowest BCUT2D eigenvalue weighted by molar-refractivity contribution is -0.0592. The van der Waals surface area contributed by atoms with Crippen LogP contribution in [0, 0.1) is 11.6 Å². The molecule has 6 rings (SSSR count). The van der Waals surface area contributed by atoms with E-state index >= 15 is 4.39 Å². The van der Waals surface area contributed by atoms with Gasteiger partial charge in [-0.1, -0.05) is 17.7 Å². The van der Waals surface area contributed by atoms with Gasteiger partial charge in [-0.2, -0.15) is 0 Å². The summed E-state index contributed by atoms with van der Waals surface area (Å²) in [6.07, 6.45) is 2.45. The number of hydrogen-bond donors (Lipinski definition) is 0. The molecular weight excluding hydrogens is 582 g/mol. The number of carbonyl (C=O) groups excluding carboxylic acids is 1. The number of halogens is 3. The van der Waals surface area contributed by atoms with Crippen molar-refractivity contribution >= 4 is 28.6 Å². The van der Waals surface area contributed by atoms with Crippen molar-refractivity contribution in [1.82, 2.24) is 19.4 Å². The van der Waals surface area contributed by atoms with Gasteiger partial charge >= 0.3 is 5.97 Å². The predicted octanol–water partition coefficient (Wildman–Crippen LogP) is 5.56. The first-order valence-corrected chi connectivity index (χ1v) is 14.6. The van der Waals surface area contributed by atoms with Crippen LogP contribution in [0.1, 0.15) is 41.1 Å². The van der Waals surface area contributed by atoms with Gasteiger partial charge in [0.15, 0.2) is 17.4 Å². The second kappa shape index (κ2) is 12.8. The van der Waals surface area contributed by atoms with Crippen molar-refractivity contribution < 1.29 is 32.5 Å². The van der Waals surface area contributed by atoms with Crippen molar-refractivity contribution in [2.24, 2.45) is 0 Å². The molecule has 9 nitrogen and oxygen atoms in total. The van der Waals surface area contributed by atoms with Gasteiger partial charge in [0.05, 0.1) is 43.1 Å². The number of carbonyl (C=O) groups is 1. The molecule has 2 fully saturated rings. The third-order valence-electron chi connectivity index (χ3n) is 7.72. The second-order valence-electron chi connectivity index (χ2n) is 10.7. The molecule has 0 N–H and O–H groups in total. The van der Waals surface area contributed by atoms with E-state index in [1.165, 1.54) is 25.3 Å². The van der Waals surface area contributed by atoms with Gasteiger partial charge in [-0.3, -0.25) is 4.90 Å². The smallest absolute Gasteiger partial charge is 0.338 e. The van der Waals surface area contributed by atoms with Crippen LogP contribution in [-0.2, 0) is 29.2 Å². The van der Waals surface area contributed by atoms with Crippen molar-refractivity contribution in [3.63, 3.8) is 0 Å². The van der Waals surface area contributed by atoms with E-state index in [4.69, 9.17) is 30.5 Å². The van der Waals surface area contributed by atoms with E-state index in [0.717, 1.165) is 38.2 Å². The summed E-state index contributed by atoms with van der Waals surface area (Å²) >= 11 is 5.81. The normalized spacial score (nSPS) is 17.5. The van der Waals surface area contributed by atoms with Gasteiger partial charge in [0.25, 0.3) is 0 Å². The summed E-state index contributed by atoms with van der Waals surface area (Å²) in [5, 5.41) is 0.300. The summed E-state index contributed by atoms with van der Waals surface area (Å²) < 4.78 is 53.2. The Morgan fingerprint density at radius 1 is 1.07 bits per heavy atom. The van der Waals surface area contributed by atoms with Gasteiger partial charge in [-0.25, -0.2) is 23.5 Å². The maximum absolute atomic E-state index is 15.0. The van der Waals surface area contributed by atoms with Crippen LogP contribution >= 0.6 is 11.6 Å². The number of pyridine rings is 1. The number of imidazole rings is 1. The van der Waals surface area contributed by atoms with E-state index in [9.17, 15) is 9.18 Å². The van der Waals surface area contributed by atoms with Crippen molar-refractivity contribution in [1.29, 1.82) is 0 Å². The molecule has 0 bridgehead atoms. The SMILES string of the molecule is COC(=O)c1cc(F)c2nc(CN3CCC(Oc4cccc(COc5ccc(Cl)cc5F)n4)CC3)n(CC3CCO3)c2c1. The zero-order valence-corrected chi connectivity index (χ0v) is 24.4. The summed E-state index contributed by atoms with van der Waals surface area (Å²) in [6, 6.07) is 12.5. The first-order valence-electron chi connectivity index (χ1n) is 14.2. The molecule has 2 aliphatic rings. The Morgan fingerprint density at radius 3 is 2.60 bits per heavy atom. The second-order valence-corrected chi connectivity index (χ2v) is 11.1. The number of esters is 1. The van der Waals surface area contributed by atoms with E-state index < -0.39 is 17.6 Å². The monoisotopic (exact) mass is 612 g/mol. The average molecular weight is 613 g/mol. The number of hydrogen-bond acceptors (Lipinski definition) is 8. The van der Waals surface area contributed by atoms with Crippen molar-refractivity contribution in [2.45, 2.75) is 51.2 Å². The Labute approximate surface area is 252 Å². The number of likely N-dealkylation sites (tertiary alicyclic amines) is 1. The Morgan fingerprint density at radius 2 is 1.88 bits per heavy atom. The maximum atomic E-state index is 15.0. The molecule has 0 spiro atoms. The highest BCUT2D eigenvalue weighted by atomic mass is 35.5. The fourth-order valence-corrected chi connectivity index (χ4v) is 5.48. The van der Waals surface area contributed by atoms with E-state index in [0.29, 0.717) is 41.8 Å². The largest absolute Gasteiger partial charge is 0.484 e. The summed E-state index contributed by atoms with van der Waals surface area (Å²) in [7, 11) is 1.27. The van der Waals surface area contributed by atoms with Crippen LogP contribution in [0.3, 0.4) is 0 Å². The first kappa shape index (κ1) is 29.3. The number of fused-ring (bicyclic) bond motifs is 1. The zero-order valence-electron chi connectivity index (χ0n) is 23.6. The van der Waals surface area contributed by atoms with Gasteiger partial charge in [0, 0.05) is 30.8 Å². The molecule has 2 aromatic heterocycles. The van der Waals surface area contributed by atoms with Gasteiger partial charge in [-0.05, 0) is 55.7 Å². The topological polar surface area (TPSA) is 87.9 Å². The van der Waals surface area contributed by atoms with E-state index in [2.05, 4.69) is 14.9 Å². The quantitative estimate of drug-likeness (QED) is 0.215. The molecule has 0 aliphatic carbocycles. The standard InChI is InChI=1S/C31H31ClF2N4O5/c1-40-31(39)19-13-25(34)30-26(14-19)38(16-23-9-12-41-23)28(36-30)17-37-10-7-22(8-11-37)43-29-4-2-3-21(35-29)18-42-27-6-5-20(32)15-24(27)33/h2-6,13-15,22-23H,7-12,16-18H2,1H3. The molecule has 43 heavy (non-hydrogen) atoms. The zero-order chi connectivity index (χ0) is 29.9. The highest BCUT2D eigenvalue weighted by molar-refractivity contribution is 6.30. The van der Waals surface area contributed by atoms with E-state index in [1.807, 2.05) is 10.6 Å². The molecule has 0 amide bonds. The molecule has 2 saturated heterocycles. The molecular formula is C31H31ClF2N4O5. The van der Waals surface area contributed by atoms with Crippen molar-refractivity contribution in [3.05, 3.63) is 82.3 Å². The van der Waals surface area contributed by atoms with Crippen LogP contribution in [0.4, 0.5) is 8.78 Å². The number of nitrogens with zero attached hydrogens (tertiary/aromatic N) is 4. The highest BCUT2D eigenvalue weighted by Gasteiger charge is 2.27. The summed E-state index contributed by atoms with van der Waals surface area (Å²) in [5.74, 6) is -0.384. The minimum absolute atomic E-state index is 0.0269. The average Bonchev–Trinajstić information content (AvgIpc) is 3.32. The Kier molecular flexibility index (Phi) is 8.73. The van der Waals surface area contributed by atoms with E-state index in [-0.39, 0.29) is 35.6 Å². The van der Waals surface area contributed by atoms with Crippen LogP contribution in [-0.4, -0.2) is 64.4 Å². The fraction of sp³-hybridized carbons (Fsp3) is 0.387. The van der Waals surface area contributed by atoms with Gasteiger partial charge in [0.1, 0.15) is 24.1 Å². The first-order chi connectivity index (χ1) is 20.9. The number of rotatable bonds is 10. The van der Waals surface area contributed by atoms with Gasteiger partial charge < -0.3 is 23.5 Å². The molecule has 2 aliphatic heterocycles. The molecule has 12 heteroatoms. The van der Waals surface area contributed by atoms with Gasteiger partial charge in [-0.15, -0.1) is 0 Å². The molecule has 0 radical (unpaired) electrons. The molecule has 4 aromatic rings. The van der Waals surface area contributed by atoms with Crippen LogP contribution in [0.25, 0.3) is 11.0 Å². The number of aromatic nitrogens is 3. The minimum atomic E-state index is -0.597. The minimum Gasteiger partial charge on any atom is -0.484 e. The molecule has 1 unspecified atom stereocenters. The summed E-state index contributed by atoms with van der Waals surface area (Å²) in [6.45, 7) is 3.35. The van der Waals surface area contributed by atoms with Crippen molar-refractivity contribution in [3.8, 4) is 11.6 Å². The number of ether oxygens (including phenoxy) is 4. The lowest BCUT2D eigenvalue weighted by atomic mass is 10.1. The maximum Gasteiger partial charge on any atom is 0.338 e. The molecule has 1 atom stereocenters. The van der Waals surface area contributed by atoms with Crippen LogP contribution in [0.2, 0.25) is 5.02 Å². The Bertz CT molecular complexity index is 1620. The van der Waals surface area contributed by atoms with Crippen LogP contribution in [0.5, 0.6) is 11.6 Å². The lowest BCUT2D eigenvalue weighted by Crippen LogP contribution is -2.39. The third-order valence-corrected chi connectivity index (χ3v) is 7.96. The van der Waals surface area contributed by atoms with Crippen LogP contribution in [0.15, 0.2) is 48.5 Å². The third kappa shape index (κ3) is 6.74. The Balaban J connectivity index is 1.09. The number of piperidine rings is 1. The summed E-state index contributed by atoms with van der Waals surface area (Å²) in [5.41, 5.74) is 1.54. The predicted molar refractivity (Wildman–Crippen MR) is 154 cm³/mol. The number of benzene rings is 2. The molecule has 2 aromatic carbocycles. The summed E-state index contributed by atoms with van der Waals surface area (Å²) in [4.78, 5) is 23.6. The van der Waals surface area contributed by atoms with Gasteiger partial charge in [0.2, 0.25) is 5.88 Å². The van der Waals surface area contributed by atoms with Crippen LogP contribution < -0.4 is 9.47 Å². The number of methoxy groups -OCH3 is 1. The molecule has 0 saturated carbocycles. The lowest BCUT2D eigenvalue weighted by Gasteiger charge is -2.32. The van der Waals surface area contributed by atoms with E-state index in [1.54, 1.807) is 24.3 Å². The highest BCUT2D eigenvalue weighted by Crippen LogP contribution is 2.27. The fourth-order valence-electron chi connectivity index (χ4n) is 5.33. The Hall–Kier alpha value is -3.80. The molecule has 226 valence electrons. The molecule has 4 heterocycles. The van der Waals surface area contributed by atoms with Crippen molar-refractivity contribution in [2.75, 3.05) is 26.8 Å².